The second kappa shape index (κ2) is 6.99. The minimum atomic E-state index is 0.450. The van der Waals surface area contributed by atoms with E-state index in [1.165, 1.54) is 0 Å². The molecule has 0 fully saturated rings. The molecule has 2 aromatic carbocycles. The molecule has 7 heteroatoms. The van der Waals surface area contributed by atoms with Gasteiger partial charge in [-0.25, -0.2) is 4.68 Å². The van der Waals surface area contributed by atoms with Crippen molar-refractivity contribution in [2.24, 2.45) is 0 Å². The number of benzene rings is 2. The molecule has 124 valence electrons. The van der Waals surface area contributed by atoms with Crippen molar-refractivity contribution in [1.82, 2.24) is 20.2 Å². The lowest BCUT2D eigenvalue weighted by atomic mass is 10.1. The maximum atomic E-state index is 5.96. The van der Waals surface area contributed by atoms with Crippen LogP contribution in [0.2, 0.25) is 0 Å². The third kappa shape index (κ3) is 3.45. The first-order valence-electron chi connectivity index (χ1n) is 7.57. The predicted molar refractivity (Wildman–Crippen MR) is 90.9 cm³/mol. The first-order valence-corrected chi connectivity index (χ1v) is 7.57. The molecule has 0 aliphatic heterocycles. The summed E-state index contributed by atoms with van der Waals surface area (Å²) in [7, 11) is 1.63. The Bertz CT molecular complexity index is 814. The molecule has 0 aliphatic carbocycles. The highest BCUT2D eigenvalue weighted by Crippen LogP contribution is 2.21. The van der Waals surface area contributed by atoms with E-state index in [2.05, 4.69) is 15.5 Å². The van der Waals surface area contributed by atoms with E-state index in [0.29, 0.717) is 19.0 Å². The molecule has 0 unspecified atom stereocenters. The van der Waals surface area contributed by atoms with E-state index >= 15 is 0 Å². The number of rotatable bonds is 6. The summed E-state index contributed by atoms with van der Waals surface area (Å²) in [6, 6.07) is 13.2. The van der Waals surface area contributed by atoms with Crippen molar-refractivity contribution in [3.05, 3.63) is 48.0 Å². The second-order valence-corrected chi connectivity index (χ2v) is 5.32. The summed E-state index contributed by atoms with van der Waals surface area (Å²) in [6.07, 6.45) is 0. The number of nitrogen functional groups attached to an aromatic ring is 1. The lowest BCUT2D eigenvalue weighted by Gasteiger charge is -2.09. The summed E-state index contributed by atoms with van der Waals surface area (Å²) < 4.78 is 12.5. The van der Waals surface area contributed by atoms with Gasteiger partial charge in [0.15, 0.2) is 5.82 Å². The quantitative estimate of drug-likeness (QED) is 0.700. The third-order valence-electron chi connectivity index (χ3n) is 3.70. The first kappa shape index (κ1) is 15.8. The average Bonchev–Trinajstić information content (AvgIpc) is 3.06. The molecule has 0 amide bonds. The highest BCUT2D eigenvalue weighted by molar-refractivity contribution is 5.63. The largest absolute Gasteiger partial charge is 0.497 e. The normalized spacial score (nSPS) is 10.6. The van der Waals surface area contributed by atoms with Crippen LogP contribution < -0.4 is 15.2 Å². The van der Waals surface area contributed by atoms with Crippen LogP contribution in [-0.4, -0.2) is 33.9 Å². The Morgan fingerprint density at radius 1 is 1.08 bits per heavy atom. The Morgan fingerprint density at radius 2 is 1.83 bits per heavy atom. The number of hydrogen-bond acceptors (Lipinski definition) is 6. The highest BCUT2D eigenvalue weighted by Gasteiger charge is 2.10. The van der Waals surface area contributed by atoms with Gasteiger partial charge in [-0.15, -0.1) is 5.10 Å². The number of anilines is 1. The molecule has 3 rings (SSSR count). The molecule has 3 aromatic rings. The third-order valence-corrected chi connectivity index (χ3v) is 3.70. The predicted octanol–water partition coefficient (Wildman–Crippen LogP) is 2.32. The Labute approximate surface area is 140 Å². The van der Waals surface area contributed by atoms with E-state index in [9.17, 15) is 0 Å². The number of nitrogens with two attached hydrogens (primary N) is 1. The van der Waals surface area contributed by atoms with Gasteiger partial charge < -0.3 is 15.2 Å². The molecule has 0 saturated heterocycles. The molecular weight excluding hydrogens is 306 g/mol. The molecule has 1 heterocycles. The smallest absolute Gasteiger partial charge is 0.182 e. The van der Waals surface area contributed by atoms with Gasteiger partial charge in [0.25, 0.3) is 0 Å². The SMILES string of the molecule is COc1ccc(OCCn2nnnc2-c2ccc(C)c(N)c2)cc1. The number of aromatic nitrogens is 4. The van der Waals surface area contributed by atoms with Crippen LogP contribution in [0.25, 0.3) is 11.4 Å². The van der Waals surface area contributed by atoms with Gasteiger partial charge in [-0.05, 0) is 53.2 Å². The highest BCUT2D eigenvalue weighted by atomic mass is 16.5. The monoisotopic (exact) mass is 325 g/mol. The Hall–Kier alpha value is -3.09. The minimum Gasteiger partial charge on any atom is -0.497 e. The van der Waals surface area contributed by atoms with Crippen LogP contribution >= 0.6 is 0 Å². The summed E-state index contributed by atoms with van der Waals surface area (Å²) in [5.41, 5.74) is 8.59. The summed E-state index contributed by atoms with van der Waals surface area (Å²) in [6.45, 7) is 2.94. The van der Waals surface area contributed by atoms with Crippen molar-refractivity contribution in [3.63, 3.8) is 0 Å². The lowest BCUT2D eigenvalue weighted by molar-refractivity contribution is 0.290. The second-order valence-electron chi connectivity index (χ2n) is 5.32. The van der Waals surface area contributed by atoms with Crippen LogP contribution in [-0.2, 0) is 6.54 Å². The molecule has 0 saturated carbocycles. The summed E-state index contributed by atoms with van der Waals surface area (Å²) in [5.74, 6) is 2.23. The fourth-order valence-electron chi connectivity index (χ4n) is 2.26. The molecule has 0 radical (unpaired) electrons. The summed E-state index contributed by atoms with van der Waals surface area (Å²) >= 11 is 0. The number of methoxy groups -OCH3 is 1. The van der Waals surface area contributed by atoms with Crippen molar-refractivity contribution in [2.75, 3.05) is 19.5 Å². The van der Waals surface area contributed by atoms with Crippen LogP contribution in [0.15, 0.2) is 42.5 Å². The van der Waals surface area contributed by atoms with Crippen molar-refractivity contribution >= 4 is 5.69 Å². The van der Waals surface area contributed by atoms with Gasteiger partial charge in [0.05, 0.1) is 13.7 Å². The van der Waals surface area contributed by atoms with Gasteiger partial charge in [-0.3, -0.25) is 0 Å². The van der Waals surface area contributed by atoms with E-state index in [1.54, 1.807) is 11.8 Å². The minimum absolute atomic E-state index is 0.450. The molecule has 1 aromatic heterocycles. The number of nitrogens with zero attached hydrogens (tertiary/aromatic N) is 4. The lowest BCUT2D eigenvalue weighted by Crippen LogP contribution is -2.11. The molecule has 24 heavy (non-hydrogen) atoms. The standard InChI is InChI=1S/C17H19N5O2/c1-12-3-4-13(11-16(12)18)17-19-20-21-22(17)9-10-24-15-7-5-14(23-2)6-8-15/h3-8,11H,9-10,18H2,1-2H3. The van der Waals surface area contributed by atoms with Gasteiger partial charge in [-0.2, -0.15) is 0 Å². The molecule has 0 bridgehead atoms. The number of aryl methyl sites for hydroxylation is 1. The fourth-order valence-corrected chi connectivity index (χ4v) is 2.26. The van der Waals surface area contributed by atoms with Crippen LogP contribution in [0, 0.1) is 6.92 Å². The van der Waals surface area contributed by atoms with E-state index in [0.717, 1.165) is 28.3 Å². The summed E-state index contributed by atoms with van der Waals surface area (Å²) in [4.78, 5) is 0. The van der Waals surface area contributed by atoms with Crippen molar-refractivity contribution in [3.8, 4) is 22.9 Å². The van der Waals surface area contributed by atoms with E-state index in [-0.39, 0.29) is 0 Å². The Kier molecular flexibility index (Phi) is 4.60. The number of ether oxygens (including phenoxy) is 2. The molecule has 0 aliphatic rings. The maximum Gasteiger partial charge on any atom is 0.182 e. The van der Waals surface area contributed by atoms with Gasteiger partial charge in [0, 0.05) is 11.3 Å². The maximum absolute atomic E-state index is 5.96. The van der Waals surface area contributed by atoms with Gasteiger partial charge in [0.1, 0.15) is 18.1 Å². The van der Waals surface area contributed by atoms with Gasteiger partial charge in [-0.1, -0.05) is 12.1 Å². The molecule has 0 atom stereocenters. The van der Waals surface area contributed by atoms with Crippen molar-refractivity contribution in [1.29, 1.82) is 0 Å². The molecular formula is C17H19N5O2. The molecule has 0 spiro atoms. The Balaban J connectivity index is 1.66. The average molecular weight is 325 g/mol. The number of tetrazole rings is 1. The first-order chi connectivity index (χ1) is 11.7. The zero-order valence-electron chi connectivity index (χ0n) is 13.6. The van der Waals surface area contributed by atoms with Crippen LogP contribution in [0.4, 0.5) is 5.69 Å². The zero-order chi connectivity index (χ0) is 16.9. The van der Waals surface area contributed by atoms with Crippen LogP contribution in [0.1, 0.15) is 5.56 Å². The Morgan fingerprint density at radius 3 is 2.54 bits per heavy atom. The van der Waals surface area contributed by atoms with Crippen molar-refractivity contribution in [2.45, 2.75) is 13.5 Å². The number of hydrogen-bond donors (Lipinski definition) is 1. The topological polar surface area (TPSA) is 88.1 Å². The van der Waals surface area contributed by atoms with Gasteiger partial charge >= 0.3 is 0 Å². The van der Waals surface area contributed by atoms with Crippen molar-refractivity contribution < 1.29 is 9.47 Å². The van der Waals surface area contributed by atoms with Crippen LogP contribution in [0.5, 0.6) is 11.5 Å². The van der Waals surface area contributed by atoms with E-state index in [4.69, 9.17) is 15.2 Å². The molecule has 7 nitrogen and oxygen atoms in total. The van der Waals surface area contributed by atoms with Gasteiger partial charge in [0.2, 0.25) is 0 Å². The fraction of sp³-hybridized carbons (Fsp3) is 0.235. The van der Waals surface area contributed by atoms with Crippen LogP contribution in [0.3, 0.4) is 0 Å². The molecule has 2 N–H and O–H groups in total. The van der Waals surface area contributed by atoms with E-state index < -0.39 is 0 Å². The summed E-state index contributed by atoms with van der Waals surface area (Å²) in [5, 5.41) is 11.8. The zero-order valence-corrected chi connectivity index (χ0v) is 13.6. The van der Waals surface area contributed by atoms with E-state index in [1.807, 2.05) is 49.4 Å².